The van der Waals surface area contributed by atoms with Crippen LogP contribution in [0.3, 0.4) is 0 Å². The minimum atomic E-state index is 0.517. The number of nitrogens with one attached hydrogen (secondary N) is 1. The molecule has 1 aliphatic heterocycles. The number of benzene rings is 1. The number of aryl methyl sites for hydroxylation is 1. The lowest BCUT2D eigenvalue weighted by Crippen LogP contribution is -2.23. The van der Waals surface area contributed by atoms with Gasteiger partial charge in [0.25, 0.3) is 0 Å². The van der Waals surface area contributed by atoms with Crippen LogP contribution in [-0.4, -0.2) is 50.3 Å². The third kappa shape index (κ3) is 3.20. The van der Waals surface area contributed by atoms with Gasteiger partial charge in [-0.05, 0) is 70.3 Å². The lowest BCUT2D eigenvalue weighted by atomic mass is 10.0. The second kappa shape index (κ2) is 7.31. The zero-order valence-electron chi connectivity index (χ0n) is 16.1. The lowest BCUT2D eigenvalue weighted by Gasteiger charge is -2.22. The number of nitrogens with zero attached hydrogens (tertiary/aromatic N) is 2. The topological polar surface area (TPSA) is 46.6 Å². The van der Waals surface area contributed by atoms with E-state index < -0.39 is 0 Å². The Morgan fingerprint density at radius 2 is 1.85 bits per heavy atom. The molecule has 140 valence electrons. The Morgan fingerprint density at radius 1 is 1.04 bits per heavy atom. The van der Waals surface area contributed by atoms with Crippen LogP contribution in [-0.2, 0) is 12.8 Å². The van der Waals surface area contributed by atoms with E-state index in [1.54, 1.807) is 14.2 Å². The van der Waals surface area contributed by atoms with Crippen molar-refractivity contribution in [3.8, 4) is 11.5 Å². The molecule has 0 unspecified atom stereocenters. The molecule has 2 aliphatic rings. The number of methoxy groups -OCH3 is 2. The number of hydrogen-bond donors (Lipinski definition) is 1. The van der Waals surface area contributed by atoms with E-state index in [4.69, 9.17) is 14.5 Å². The van der Waals surface area contributed by atoms with Gasteiger partial charge in [0, 0.05) is 28.9 Å². The fourth-order valence-electron chi connectivity index (χ4n) is 4.34. The highest BCUT2D eigenvalue weighted by Gasteiger charge is 2.24. The SMILES string of the molecule is COc1cc2nc3c(c(N[C@@H]4CCCN(C)CC4)c2cc1OC)CCC3. The van der Waals surface area contributed by atoms with Gasteiger partial charge in [-0.3, -0.25) is 4.98 Å². The molecular formula is C21H29N3O2. The van der Waals surface area contributed by atoms with E-state index in [0.717, 1.165) is 41.8 Å². The summed E-state index contributed by atoms with van der Waals surface area (Å²) in [7, 11) is 5.59. The smallest absolute Gasteiger partial charge is 0.162 e. The molecule has 0 bridgehead atoms. The predicted molar refractivity (Wildman–Crippen MR) is 106 cm³/mol. The minimum Gasteiger partial charge on any atom is -0.493 e. The van der Waals surface area contributed by atoms with Gasteiger partial charge in [-0.1, -0.05) is 0 Å². The number of aromatic nitrogens is 1. The fourth-order valence-corrected chi connectivity index (χ4v) is 4.34. The number of rotatable bonds is 4. The number of anilines is 1. The van der Waals surface area contributed by atoms with Crippen LogP contribution in [0.4, 0.5) is 5.69 Å². The second-order valence-corrected chi connectivity index (χ2v) is 7.57. The zero-order chi connectivity index (χ0) is 18.1. The number of pyridine rings is 1. The molecule has 1 aromatic heterocycles. The largest absolute Gasteiger partial charge is 0.493 e. The first kappa shape index (κ1) is 17.4. The molecule has 0 amide bonds. The molecule has 1 aromatic carbocycles. The first-order valence-corrected chi connectivity index (χ1v) is 9.72. The van der Waals surface area contributed by atoms with Gasteiger partial charge < -0.3 is 19.7 Å². The Morgan fingerprint density at radius 3 is 2.65 bits per heavy atom. The first-order valence-electron chi connectivity index (χ1n) is 9.72. The van der Waals surface area contributed by atoms with E-state index in [-0.39, 0.29) is 0 Å². The monoisotopic (exact) mass is 355 g/mol. The summed E-state index contributed by atoms with van der Waals surface area (Å²) >= 11 is 0. The van der Waals surface area contributed by atoms with Crippen molar-refractivity contribution in [2.24, 2.45) is 0 Å². The minimum absolute atomic E-state index is 0.517. The Kier molecular flexibility index (Phi) is 4.90. The average molecular weight is 355 g/mol. The van der Waals surface area contributed by atoms with Crippen LogP contribution in [0.25, 0.3) is 10.9 Å². The molecule has 5 nitrogen and oxygen atoms in total. The normalized spacial score (nSPS) is 20.7. The third-order valence-electron chi connectivity index (χ3n) is 5.82. The Hall–Kier alpha value is -2.01. The number of likely N-dealkylation sites (tertiary alicyclic amines) is 1. The van der Waals surface area contributed by atoms with Gasteiger partial charge in [0.05, 0.1) is 19.7 Å². The van der Waals surface area contributed by atoms with Crippen LogP contribution in [0.1, 0.15) is 36.9 Å². The highest BCUT2D eigenvalue weighted by atomic mass is 16.5. The Balaban J connectivity index is 1.78. The average Bonchev–Trinajstić information content (AvgIpc) is 3.03. The van der Waals surface area contributed by atoms with Crippen LogP contribution in [0, 0.1) is 0 Å². The molecule has 1 atom stereocenters. The Labute approximate surface area is 155 Å². The Bertz CT molecular complexity index is 806. The first-order chi connectivity index (χ1) is 12.7. The summed E-state index contributed by atoms with van der Waals surface area (Å²) in [5, 5.41) is 5.06. The van der Waals surface area contributed by atoms with Crippen molar-refractivity contribution < 1.29 is 9.47 Å². The summed E-state index contributed by atoms with van der Waals surface area (Å²) in [4.78, 5) is 7.38. The number of hydrogen-bond acceptors (Lipinski definition) is 5. The summed E-state index contributed by atoms with van der Waals surface area (Å²) in [6.07, 6.45) is 7.02. The number of ether oxygens (including phenoxy) is 2. The highest BCUT2D eigenvalue weighted by molar-refractivity contribution is 5.96. The van der Waals surface area contributed by atoms with Crippen LogP contribution < -0.4 is 14.8 Å². The second-order valence-electron chi connectivity index (χ2n) is 7.57. The van der Waals surface area contributed by atoms with Gasteiger partial charge in [0.2, 0.25) is 0 Å². The van der Waals surface area contributed by atoms with Gasteiger partial charge in [0.1, 0.15) is 0 Å². The van der Waals surface area contributed by atoms with Crippen LogP contribution in [0.5, 0.6) is 11.5 Å². The van der Waals surface area contributed by atoms with E-state index in [9.17, 15) is 0 Å². The fraction of sp³-hybridized carbons (Fsp3) is 0.571. The van der Waals surface area contributed by atoms with Crippen LogP contribution in [0.15, 0.2) is 12.1 Å². The van der Waals surface area contributed by atoms with Crippen LogP contribution in [0.2, 0.25) is 0 Å². The maximum atomic E-state index is 5.56. The third-order valence-corrected chi connectivity index (χ3v) is 5.82. The standard InChI is InChI=1S/C21H29N3O2/c1-24-10-5-6-14(9-11-24)22-21-15-7-4-8-17(15)23-18-13-20(26-3)19(25-2)12-16(18)21/h12-14H,4-11H2,1-3H3,(H,22,23)/t14-/m1/s1. The van der Waals surface area contributed by atoms with Crippen molar-refractivity contribution in [2.45, 2.75) is 44.6 Å². The molecule has 1 saturated heterocycles. The molecule has 2 aromatic rings. The van der Waals surface area contributed by atoms with Gasteiger partial charge in [-0.2, -0.15) is 0 Å². The summed E-state index contributed by atoms with van der Waals surface area (Å²) in [6.45, 7) is 2.35. The van der Waals surface area contributed by atoms with Crippen molar-refractivity contribution in [3.63, 3.8) is 0 Å². The molecule has 0 radical (unpaired) electrons. The molecule has 1 aliphatic carbocycles. The van der Waals surface area contributed by atoms with Crippen molar-refractivity contribution in [3.05, 3.63) is 23.4 Å². The zero-order valence-corrected chi connectivity index (χ0v) is 16.1. The highest BCUT2D eigenvalue weighted by Crippen LogP contribution is 2.40. The summed E-state index contributed by atoms with van der Waals surface area (Å²) in [5.74, 6) is 1.51. The quantitative estimate of drug-likeness (QED) is 0.907. The van der Waals surface area contributed by atoms with Gasteiger partial charge in [0.15, 0.2) is 11.5 Å². The lowest BCUT2D eigenvalue weighted by molar-refractivity contribution is 0.348. The van der Waals surface area contributed by atoms with Crippen molar-refractivity contribution in [1.82, 2.24) is 9.88 Å². The van der Waals surface area contributed by atoms with Crippen LogP contribution >= 0.6 is 0 Å². The molecule has 26 heavy (non-hydrogen) atoms. The molecule has 5 heteroatoms. The predicted octanol–water partition coefficient (Wildman–Crippen LogP) is 3.64. The van der Waals surface area contributed by atoms with E-state index in [0.29, 0.717) is 6.04 Å². The van der Waals surface area contributed by atoms with Crippen molar-refractivity contribution in [2.75, 3.05) is 39.7 Å². The maximum absolute atomic E-state index is 5.56. The summed E-state index contributed by atoms with van der Waals surface area (Å²) < 4.78 is 11.0. The van der Waals surface area contributed by atoms with Crippen molar-refractivity contribution in [1.29, 1.82) is 0 Å². The summed E-state index contributed by atoms with van der Waals surface area (Å²) in [6, 6.07) is 4.62. The molecular weight excluding hydrogens is 326 g/mol. The van der Waals surface area contributed by atoms with E-state index in [1.165, 1.54) is 49.2 Å². The molecule has 2 heterocycles. The van der Waals surface area contributed by atoms with Crippen molar-refractivity contribution >= 4 is 16.6 Å². The van der Waals surface area contributed by atoms with E-state index >= 15 is 0 Å². The molecule has 1 fully saturated rings. The van der Waals surface area contributed by atoms with Gasteiger partial charge in [-0.25, -0.2) is 0 Å². The molecule has 0 spiro atoms. The van der Waals surface area contributed by atoms with Gasteiger partial charge in [-0.15, -0.1) is 0 Å². The summed E-state index contributed by atoms with van der Waals surface area (Å²) in [5.41, 5.74) is 4.93. The van der Waals surface area contributed by atoms with E-state index in [2.05, 4.69) is 23.3 Å². The maximum Gasteiger partial charge on any atom is 0.162 e. The van der Waals surface area contributed by atoms with Gasteiger partial charge >= 0.3 is 0 Å². The molecule has 0 saturated carbocycles. The number of fused-ring (bicyclic) bond motifs is 2. The molecule has 4 rings (SSSR count). The van der Waals surface area contributed by atoms with E-state index in [1.807, 2.05) is 6.07 Å². The molecule has 1 N–H and O–H groups in total.